The van der Waals surface area contributed by atoms with Crippen molar-refractivity contribution in [1.82, 2.24) is 15.4 Å². The van der Waals surface area contributed by atoms with Crippen molar-refractivity contribution in [2.45, 2.75) is 13.0 Å². The van der Waals surface area contributed by atoms with E-state index in [0.29, 0.717) is 25.7 Å². The van der Waals surface area contributed by atoms with Crippen LogP contribution in [-0.4, -0.2) is 60.5 Å². The number of rotatable bonds is 7. The lowest BCUT2D eigenvalue weighted by molar-refractivity contribution is 0.179. The van der Waals surface area contributed by atoms with E-state index < -0.39 is 10.0 Å². The molecule has 0 heterocycles. The van der Waals surface area contributed by atoms with Crippen LogP contribution in [0, 0.1) is 0 Å². The van der Waals surface area contributed by atoms with Crippen molar-refractivity contribution in [1.29, 1.82) is 0 Å². The Kier molecular flexibility index (Phi) is 7.85. The van der Waals surface area contributed by atoms with Crippen molar-refractivity contribution in [3.63, 3.8) is 0 Å². The van der Waals surface area contributed by atoms with Crippen molar-refractivity contribution < 1.29 is 13.2 Å². The molecule has 0 aliphatic carbocycles. The van der Waals surface area contributed by atoms with E-state index in [-0.39, 0.29) is 6.04 Å². The number of methoxy groups -OCH3 is 1. The Morgan fingerprint density at radius 3 is 2.53 bits per heavy atom. The van der Waals surface area contributed by atoms with Crippen LogP contribution in [0.3, 0.4) is 0 Å². The molecule has 0 saturated heterocycles. The maximum absolute atomic E-state index is 10.8. The molecule has 1 atom stereocenters. The Bertz CT molecular complexity index is 329. The molecular formula is C9H22N4O3S. The van der Waals surface area contributed by atoms with Gasteiger partial charge in [-0.1, -0.05) is 0 Å². The number of hydrogen-bond acceptors (Lipinski definition) is 4. The maximum atomic E-state index is 10.8. The fraction of sp³-hybridized carbons (Fsp3) is 0.889. The summed E-state index contributed by atoms with van der Waals surface area (Å²) in [4.78, 5) is 4.01. The van der Waals surface area contributed by atoms with Crippen LogP contribution in [0.2, 0.25) is 0 Å². The van der Waals surface area contributed by atoms with Gasteiger partial charge in [0.25, 0.3) is 0 Å². The average molecular weight is 266 g/mol. The van der Waals surface area contributed by atoms with Gasteiger partial charge in [0, 0.05) is 33.3 Å². The molecule has 0 radical (unpaired) electrons. The zero-order valence-corrected chi connectivity index (χ0v) is 11.6. The van der Waals surface area contributed by atoms with Gasteiger partial charge in [-0.05, 0) is 6.92 Å². The number of hydrogen-bond donors (Lipinski definition) is 3. The molecule has 7 nitrogen and oxygen atoms in total. The summed E-state index contributed by atoms with van der Waals surface area (Å²) >= 11 is 0. The largest absolute Gasteiger partial charge is 0.383 e. The van der Waals surface area contributed by atoms with Crippen LogP contribution in [0.1, 0.15) is 6.92 Å². The first-order chi connectivity index (χ1) is 7.89. The Hall–Kier alpha value is -0.860. The van der Waals surface area contributed by atoms with Gasteiger partial charge < -0.3 is 15.4 Å². The quantitative estimate of drug-likeness (QED) is 0.304. The van der Waals surface area contributed by atoms with Crippen molar-refractivity contribution in [3.05, 3.63) is 0 Å². The van der Waals surface area contributed by atoms with E-state index in [2.05, 4.69) is 20.3 Å². The standard InChI is InChI=1S/C9H22N4O3S/c1-8(7-16-3)13-9(10-2)11-5-6-12-17(4,14)15/h8,12H,5-7H2,1-4H3,(H2,10,11,13). The van der Waals surface area contributed by atoms with Crippen LogP contribution in [0.25, 0.3) is 0 Å². The Morgan fingerprint density at radius 1 is 1.41 bits per heavy atom. The highest BCUT2D eigenvalue weighted by Crippen LogP contribution is 1.82. The van der Waals surface area contributed by atoms with Gasteiger partial charge in [0.15, 0.2) is 5.96 Å². The molecule has 17 heavy (non-hydrogen) atoms. The number of guanidine groups is 1. The van der Waals surface area contributed by atoms with Gasteiger partial charge in [0.1, 0.15) is 0 Å². The van der Waals surface area contributed by atoms with E-state index in [4.69, 9.17) is 4.74 Å². The van der Waals surface area contributed by atoms with Crippen LogP contribution >= 0.6 is 0 Å². The average Bonchev–Trinajstić information content (AvgIpc) is 2.21. The number of nitrogens with one attached hydrogen (secondary N) is 3. The molecule has 0 spiro atoms. The predicted molar refractivity (Wildman–Crippen MR) is 68.7 cm³/mol. The molecule has 0 amide bonds. The molecule has 0 aliphatic rings. The molecule has 3 N–H and O–H groups in total. The molecule has 102 valence electrons. The monoisotopic (exact) mass is 266 g/mol. The van der Waals surface area contributed by atoms with E-state index in [0.717, 1.165) is 6.26 Å². The second kappa shape index (κ2) is 8.26. The number of aliphatic imine (C=N–C) groups is 1. The Morgan fingerprint density at radius 2 is 2.06 bits per heavy atom. The summed E-state index contributed by atoms with van der Waals surface area (Å²) in [6, 6.07) is 0.133. The van der Waals surface area contributed by atoms with Gasteiger partial charge in [-0.25, -0.2) is 13.1 Å². The minimum Gasteiger partial charge on any atom is -0.383 e. The first kappa shape index (κ1) is 16.1. The van der Waals surface area contributed by atoms with Crippen LogP contribution in [0.15, 0.2) is 4.99 Å². The topological polar surface area (TPSA) is 91.8 Å². The summed E-state index contributed by atoms with van der Waals surface area (Å²) < 4.78 is 29.0. The lowest BCUT2D eigenvalue weighted by Crippen LogP contribution is -2.46. The normalized spacial score (nSPS) is 14.5. The third kappa shape index (κ3) is 10.0. The summed E-state index contributed by atoms with van der Waals surface area (Å²) in [6.45, 7) is 3.32. The lowest BCUT2D eigenvalue weighted by Gasteiger charge is -2.17. The highest BCUT2D eigenvalue weighted by molar-refractivity contribution is 7.88. The van der Waals surface area contributed by atoms with Crippen molar-refractivity contribution >= 4 is 16.0 Å². The van der Waals surface area contributed by atoms with Gasteiger partial charge in [0.2, 0.25) is 10.0 Å². The number of nitrogens with zero attached hydrogens (tertiary/aromatic N) is 1. The van der Waals surface area contributed by atoms with Crippen molar-refractivity contribution in [3.8, 4) is 0 Å². The zero-order chi connectivity index (χ0) is 13.3. The van der Waals surface area contributed by atoms with E-state index in [1.165, 1.54) is 0 Å². The first-order valence-electron chi connectivity index (χ1n) is 5.29. The molecular weight excluding hydrogens is 244 g/mol. The summed E-state index contributed by atoms with van der Waals surface area (Å²) in [5.74, 6) is 0.616. The van der Waals surface area contributed by atoms with Crippen LogP contribution in [0.5, 0.6) is 0 Å². The van der Waals surface area contributed by atoms with Gasteiger partial charge in [-0.3, -0.25) is 4.99 Å². The molecule has 0 aromatic heterocycles. The first-order valence-corrected chi connectivity index (χ1v) is 7.19. The number of ether oxygens (including phenoxy) is 1. The van der Waals surface area contributed by atoms with Crippen LogP contribution < -0.4 is 15.4 Å². The lowest BCUT2D eigenvalue weighted by atomic mass is 10.4. The van der Waals surface area contributed by atoms with E-state index in [1.54, 1.807) is 14.2 Å². The summed E-state index contributed by atoms with van der Waals surface area (Å²) in [7, 11) is 0.150. The molecule has 0 aromatic rings. The van der Waals surface area contributed by atoms with Gasteiger partial charge in [-0.15, -0.1) is 0 Å². The molecule has 8 heteroatoms. The minimum absolute atomic E-state index is 0.133. The van der Waals surface area contributed by atoms with Crippen LogP contribution in [-0.2, 0) is 14.8 Å². The fourth-order valence-electron chi connectivity index (χ4n) is 1.14. The van der Waals surface area contributed by atoms with Gasteiger partial charge >= 0.3 is 0 Å². The third-order valence-corrected chi connectivity index (χ3v) is 2.53. The SMILES string of the molecule is CN=C(NCCNS(C)(=O)=O)NC(C)COC. The van der Waals surface area contributed by atoms with Gasteiger partial charge in [0.05, 0.1) is 12.9 Å². The number of sulfonamides is 1. The molecule has 0 aromatic carbocycles. The summed E-state index contributed by atoms with van der Waals surface area (Å²) in [5, 5.41) is 6.09. The fourth-order valence-corrected chi connectivity index (χ4v) is 1.61. The molecule has 0 rings (SSSR count). The molecule has 0 aliphatic heterocycles. The maximum Gasteiger partial charge on any atom is 0.208 e. The summed E-state index contributed by atoms with van der Waals surface area (Å²) in [6.07, 6.45) is 1.13. The van der Waals surface area contributed by atoms with E-state index in [9.17, 15) is 8.42 Å². The highest BCUT2D eigenvalue weighted by Gasteiger charge is 2.04. The third-order valence-electron chi connectivity index (χ3n) is 1.81. The molecule has 0 fully saturated rings. The van der Waals surface area contributed by atoms with Crippen molar-refractivity contribution in [2.24, 2.45) is 4.99 Å². The molecule has 1 unspecified atom stereocenters. The summed E-state index contributed by atoms with van der Waals surface area (Å²) in [5.41, 5.74) is 0. The molecule has 0 saturated carbocycles. The van der Waals surface area contributed by atoms with Gasteiger partial charge in [-0.2, -0.15) is 0 Å². The van der Waals surface area contributed by atoms with E-state index >= 15 is 0 Å². The second-order valence-corrected chi connectivity index (χ2v) is 5.50. The van der Waals surface area contributed by atoms with Crippen molar-refractivity contribution in [2.75, 3.05) is 40.1 Å². The minimum atomic E-state index is -3.13. The highest BCUT2D eigenvalue weighted by atomic mass is 32.2. The van der Waals surface area contributed by atoms with Crippen LogP contribution in [0.4, 0.5) is 0 Å². The molecule has 0 bridgehead atoms. The second-order valence-electron chi connectivity index (χ2n) is 3.67. The predicted octanol–water partition coefficient (Wildman–Crippen LogP) is -1.26. The zero-order valence-electron chi connectivity index (χ0n) is 10.8. The Labute approximate surface area is 103 Å². The van der Waals surface area contributed by atoms with E-state index in [1.807, 2.05) is 6.92 Å². The Balaban J connectivity index is 3.84. The smallest absolute Gasteiger partial charge is 0.208 e.